The average molecular weight is 504 g/mol. The Bertz CT molecular complexity index is 1270. The molecule has 0 saturated carbocycles. The van der Waals surface area contributed by atoms with Crippen molar-refractivity contribution in [3.8, 4) is 17.2 Å². The van der Waals surface area contributed by atoms with Crippen molar-refractivity contribution in [2.45, 2.75) is 26.7 Å². The monoisotopic (exact) mass is 503 g/mol. The van der Waals surface area contributed by atoms with Crippen molar-refractivity contribution in [2.24, 2.45) is 5.10 Å². The molecule has 2 amide bonds. The zero-order valence-corrected chi connectivity index (χ0v) is 20.9. The van der Waals surface area contributed by atoms with Crippen LogP contribution in [0.4, 0.5) is 5.69 Å². The fraction of sp³-hybridized carbons (Fsp3) is 0.214. The summed E-state index contributed by atoms with van der Waals surface area (Å²) in [5.74, 6) is -1.12. The zero-order chi connectivity index (χ0) is 26.6. The van der Waals surface area contributed by atoms with Crippen LogP contribution < -0.4 is 25.0 Å². The predicted octanol–water partition coefficient (Wildman–Crippen LogP) is 4.49. The number of hydrogen-bond donors (Lipinski definition) is 2. The largest absolute Gasteiger partial charge is 0.494 e. The lowest BCUT2D eigenvalue weighted by atomic mass is 10.2. The molecular formula is C28H29N3O6. The van der Waals surface area contributed by atoms with Crippen LogP contribution in [0.5, 0.6) is 17.2 Å². The SMILES string of the molecule is CCCCOc1ccc(C(=O)Oc2ccc(/C=N\NC(=O)C(=O)Nc3cccc(C)c3)cc2OC)cc1. The number of unbranched alkanes of at least 4 members (excludes halogenated alkanes) is 1. The molecule has 0 aliphatic rings. The first-order chi connectivity index (χ1) is 17.9. The van der Waals surface area contributed by atoms with E-state index >= 15 is 0 Å². The fourth-order valence-electron chi connectivity index (χ4n) is 3.16. The number of ether oxygens (including phenoxy) is 3. The maximum Gasteiger partial charge on any atom is 0.343 e. The van der Waals surface area contributed by atoms with Crippen molar-refractivity contribution in [3.63, 3.8) is 0 Å². The molecule has 9 heteroatoms. The predicted molar refractivity (Wildman–Crippen MR) is 140 cm³/mol. The van der Waals surface area contributed by atoms with Crippen molar-refractivity contribution < 1.29 is 28.6 Å². The number of aryl methyl sites for hydroxylation is 1. The molecule has 37 heavy (non-hydrogen) atoms. The smallest absolute Gasteiger partial charge is 0.343 e. The summed E-state index contributed by atoms with van der Waals surface area (Å²) in [7, 11) is 1.44. The van der Waals surface area contributed by atoms with E-state index in [1.165, 1.54) is 13.3 Å². The van der Waals surface area contributed by atoms with Crippen LogP contribution in [-0.4, -0.2) is 37.7 Å². The number of nitrogens with one attached hydrogen (secondary N) is 2. The Hall–Kier alpha value is -4.66. The molecule has 3 rings (SSSR count). The molecule has 0 saturated heterocycles. The molecule has 0 heterocycles. The van der Waals surface area contributed by atoms with Gasteiger partial charge in [-0.2, -0.15) is 5.10 Å². The number of nitrogens with zero attached hydrogens (tertiary/aromatic N) is 1. The minimum absolute atomic E-state index is 0.217. The number of esters is 1. The summed E-state index contributed by atoms with van der Waals surface area (Å²) < 4.78 is 16.4. The van der Waals surface area contributed by atoms with E-state index in [1.807, 2.05) is 13.0 Å². The van der Waals surface area contributed by atoms with Crippen LogP contribution in [0.3, 0.4) is 0 Å². The molecule has 3 aromatic carbocycles. The summed E-state index contributed by atoms with van der Waals surface area (Å²) in [4.78, 5) is 36.6. The first kappa shape index (κ1) is 26.9. The van der Waals surface area contributed by atoms with Crippen LogP contribution in [0.25, 0.3) is 0 Å². The number of methoxy groups -OCH3 is 1. The highest BCUT2D eigenvalue weighted by Gasteiger charge is 2.14. The molecule has 0 spiro atoms. The van der Waals surface area contributed by atoms with Crippen molar-refractivity contribution in [2.75, 3.05) is 19.0 Å². The molecule has 0 fully saturated rings. The number of hydrazone groups is 1. The normalized spacial score (nSPS) is 10.6. The number of carbonyl (C=O) groups is 3. The molecule has 0 unspecified atom stereocenters. The third kappa shape index (κ3) is 8.21. The van der Waals surface area contributed by atoms with Gasteiger partial charge in [-0.15, -0.1) is 0 Å². The Labute approximate surface area is 215 Å². The van der Waals surface area contributed by atoms with Crippen molar-refractivity contribution in [1.82, 2.24) is 5.43 Å². The van der Waals surface area contributed by atoms with Crippen LogP contribution in [0.1, 0.15) is 41.3 Å². The maximum atomic E-state index is 12.6. The Morgan fingerprint density at radius 1 is 0.946 bits per heavy atom. The lowest BCUT2D eigenvalue weighted by Crippen LogP contribution is -2.32. The maximum absolute atomic E-state index is 12.6. The number of carbonyl (C=O) groups excluding carboxylic acids is 3. The molecule has 0 bridgehead atoms. The fourth-order valence-corrected chi connectivity index (χ4v) is 3.16. The van der Waals surface area contributed by atoms with Gasteiger partial charge in [0.2, 0.25) is 0 Å². The van der Waals surface area contributed by atoms with Crippen LogP contribution in [0.15, 0.2) is 71.8 Å². The quantitative estimate of drug-likeness (QED) is 0.105. The van der Waals surface area contributed by atoms with Gasteiger partial charge >= 0.3 is 17.8 Å². The van der Waals surface area contributed by atoms with Crippen LogP contribution in [-0.2, 0) is 9.59 Å². The Morgan fingerprint density at radius 3 is 2.43 bits per heavy atom. The average Bonchev–Trinajstić information content (AvgIpc) is 2.89. The summed E-state index contributed by atoms with van der Waals surface area (Å²) in [5, 5.41) is 6.31. The van der Waals surface area contributed by atoms with E-state index in [1.54, 1.807) is 60.7 Å². The lowest BCUT2D eigenvalue weighted by molar-refractivity contribution is -0.136. The van der Waals surface area contributed by atoms with Gasteiger partial charge in [-0.05, 0) is 79.1 Å². The second-order valence-corrected chi connectivity index (χ2v) is 8.05. The number of rotatable bonds is 10. The van der Waals surface area contributed by atoms with Gasteiger partial charge in [-0.1, -0.05) is 25.5 Å². The number of benzene rings is 3. The van der Waals surface area contributed by atoms with E-state index in [-0.39, 0.29) is 5.75 Å². The molecule has 3 aromatic rings. The minimum atomic E-state index is -0.919. The summed E-state index contributed by atoms with van der Waals surface area (Å²) >= 11 is 0. The van der Waals surface area contributed by atoms with E-state index in [4.69, 9.17) is 14.2 Å². The summed E-state index contributed by atoms with van der Waals surface area (Å²) in [6.45, 7) is 4.59. The first-order valence-electron chi connectivity index (χ1n) is 11.7. The third-order valence-electron chi connectivity index (χ3n) is 5.11. The molecule has 0 radical (unpaired) electrons. The summed E-state index contributed by atoms with van der Waals surface area (Å²) in [5.41, 5.74) is 4.54. The molecule has 9 nitrogen and oxygen atoms in total. The van der Waals surface area contributed by atoms with E-state index < -0.39 is 17.8 Å². The van der Waals surface area contributed by atoms with Crippen molar-refractivity contribution in [1.29, 1.82) is 0 Å². The molecule has 0 aromatic heterocycles. The van der Waals surface area contributed by atoms with Gasteiger partial charge in [0.05, 0.1) is 25.5 Å². The van der Waals surface area contributed by atoms with Gasteiger partial charge in [-0.3, -0.25) is 9.59 Å². The molecule has 192 valence electrons. The topological polar surface area (TPSA) is 115 Å². The number of hydrogen-bond acceptors (Lipinski definition) is 7. The van der Waals surface area contributed by atoms with E-state index in [0.29, 0.717) is 34.9 Å². The molecule has 0 atom stereocenters. The van der Waals surface area contributed by atoms with Crippen molar-refractivity contribution in [3.05, 3.63) is 83.4 Å². The molecular weight excluding hydrogens is 474 g/mol. The van der Waals surface area contributed by atoms with Crippen LogP contribution >= 0.6 is 0 Å². The molecule has 0 aliphatic carbocycles. The number of anilines is 1. The zero-order valence-electron chi connectivity index (χ0n) is 20.9. The highest BCUT2D eigenvalue weighted by Crippen LogP contribution is 2.28. The minimum Gasteiger partial charge on any atom is -0.494 e. The molecule has 2 N–H and O–H groups in total. The third-order valence-corrected chi connectivity index (χ3v) is 5.11. The van der Waals surface area contributed by atoms with E-state index in [0.717, 1.165) is 18.4 Å². The summed E-state index contributed by atoms with van der Waals surface area (Å²) in [6, 6.07) is 18.5. The van der Waals surface area contributed by atoms with Gasteiger partial charge < -0.3 is 19.5 Å². The van der Waals surface area contributed by atoms with Gasteiger partial charge in [0.25, 0.3) is 0 Å². The van der Waals surface area contributed by atoms with Crippen LogP contribution in [0, 0.1) is 6.92 Å². The standard InChI is InChI=1S/C28H29N3O6/c1-4-5-15-36-23-12-10-21(11-13-23)28(34)37-24-14-9-20(17-25(24)35-3)18-29-31-27(33)26(32)30-22-8-6-7-19(2)16-22/h6-14,16-18H,4-5,15H2,1-3H3,(H,30,32)(H,31,33)/b29-18-. The lowest BCUT2D eigenvalue weighted by Gasteiger charge is -2.10. The second-order valence-electron chi connectivity index (χ2n) is 8.05. The van der Waals surface area contributed by atoms with E-state index in [2.05, 4.69) is 22.8 Å². The van der Waals surface area contributed by atoms with Gasteiger partial charge in [0, 0.05) is 5.69 Å². The van der Waals surface area contributed by atoms with Crippen molar-refractivity contribution >= 4 is 29.7 Å². The molecule has 0 aliphatic heterocycles. The Morgan fingerprint density at radius 2 is 1.73 bits per heavy atom. The summed E-state index contributed by atoms with van der Waals surface area (Å²) in [6.07, 6.45) is 3.33. The highest BCUT2D eigenvalue weighted by atomic mass is 16.6. The first-order valence-corrected chi connectivity index (χ1v) is 11.7. The van der Waals surface area contributed by atoms with E-state index in [9.17, 15) is 14.4 Å². The van der Waals surface area contributed by atoms with Gasteiger partial charge in [0.15, 0.2) is 11.5 Å². The Balaban J connectivity index is 1.56. The Kier molecular flexibility index (Phi) is 9.78. The second kappa shape index (κ2) is 13.4. The van der Waals surface area contributed by atoms with Gasteiger partial charge in [0.1, 0.15) is 5.75 Å². The van der Waals surface area contributed by atoms with Crippen LogP contribution in [0.2, 0.25) is 0 Å². The highest BCUT2D eigenvalue weighted by molar-refractivity contribution is 6.39. The number of amides is 2. The van der Waals surface area contributed by atoms with Gasteiger partial charge in [-0.25, -0.2) is 10.2 Å².